The number of likely N-dealkylation sites (N-methyl/N-ethyl adjacent to an activating group) is 1. The highest BCUT2D eigenvalue weighted by Crippen LogP contribution is 2.42. The summed E-state index contributed by atoms with van der Waals surface area (Å²) >= 11 is 0. The van der Waals surface area contributed by atoms with Crippen LogP contribution in [-0.2, 0) is 9.53 Å². The van der Waals surface area contributed by atoms with Gasteiger partial charge in [-0.2, -0.15) is 26.3 Å². The number of carbonyl (C=O) groups is 1. The fourth-order valence-electron chi connectivity index (χ4n) is 2.11. The number of carboxylic acids is 1. The highest BCUT2D eigenvalue weighted by atomic mass is 19.4. The summed E-state index contributed by atoms with van der Waals surface area (Å²) in [6.45, 7) is 0.379. The van der Waals surface area contributed by atoms with Gasteiger partial charge in [-0.15, -0.1) is 0 Å². The van der Waals surface area contributed by atoms with Crippen LogP contribution in [0.3, 0.4) is 0 Å². The number of rotatable bonds is 7. The van der Waals surface area contributed by atoms with E-state index in [0.717, 1.165) is 0 Å². The lowest BCUT2D eigenvalue weighted by molar-refractivity contribution is -0.324. The van der Waals surface area contributed by atoms with Gasteiger partial charge in [0.25, 0.3) is 0 Å². The number of halogens is 6. The van der Waals surface area contributed by atoms with Gasteiger partial charge in [-0.3, -0.25) is 10.1 Å². The van der Waals surface area contributed by atoms with Crippen LogP contribution in [0, 0.1) is 5.92 Å². The molecule has 0 aromatic carbocycles. The third-order valence-corrected chi connectivity index (χ3v) is 3.22. The first-order valence-electron chi connectivity index (χ1n) is 6.18. The summed E-state index contributed by atoms with van der Waals surface area (Å²) in [4.78, 5) is 11.3. The molecule has 0 radical (unpaired) electrons. The number of ether oxygens (including phenoxy) is 1. The first-order valence-corrected chi connectivity index (χ1v) is 6.18. The van der Waals surface area contributed by atoms with E-state index in [2.05, 4.69) is 10.1 Å². The molecule has 0 spiro atoms. The fraction of sp³-hybridized carbons (Fsp3) is 0.909. The smallest absolute Gasteiger partial charge is 0.423 e. The second-order valence-electron chi connectivity index (χ2n) is 4.86. The summed E-state index contributed by atoms with van der Waals surface area (Å²) < 4.78 is 78.3. The Kier molecular flexibility index (Phi) is 5.14. The van der Waals surface area contributed by atoms with Gasteiger partial charge in [0.15, 0.2) is 0 Å². The van der Waals surface area contributed by atoms with Crippen LogP contribution in [0.2, 0.25) is 0 Å². The van der Waals surface area contributed by atoms with Gasteiger partial charge in [0, 0.05) is 0 Å². The van der Waals surface area contributed by atoms with Gasteiger partial charge in [-0.1, -0.05) is 6.92 Å². The van der Waals surface area contributed by atoms with Crippen LogP contribution in [0.5, 0.6) is 0 Å². The Balaban J connectivity index is 2.91. The SMILES string of the molecule is CCNC(COC(C(F)(F)F)C(F)(F)F)(C(=O)O)C1CC1. The predicted octanol–water partition coefficient (Wildman–Crippen LogP) is 2.34. The highest BCUT2D eigenvalue weighted by Gasteiger charge is 2.60. The Hall–Kier alpha value is -1.03. The Bertz CT molecular complexity index is 365. The van der Waals surface area contributed by atoms with E-state index >= 15 is 0 Å². The van der Waals surface area contributed by atoms with Crippen molar-refractivity contribution in [3.05, 3.63) is 0 Å². The van der Waals surface area contributed by atoms with E-state index in [1.165, 1.54) is 6.92 Å². The Morgan fingerprint density at radius 3 is 2.00 bits per heavy atom. The maximum Gasteiger partial charge on any atom is 0.423 e. The summed E-state index contributed by atoms with van der Waals surface area (Å²) in [6.07, 6.45) is -14.5. The quantitative estimate of drug-likeness (QED) is 0.706. The monoisotopic (exact) mass is 323 g/mol. The first-order chi connectivity index (χ1) is 9.45. The first kappa shape index (κ1) is 18.0. The molecule has 4 nitrogen and oxygen atoms in total. The minimum Gasteiger partial charge on any atom is -0.480 e. The molecule has 1 unspecified atom stereocenters. The summed E-state index contributed by atoms with van der Waals surface area (Å²) in [5, 5.41) is 11.6. The van der Waals surface area contributed by atoms with Crippen molar-refractivity contribution in [3.8, 4) is 0 Å². The van der Waals surface area contributed by atoms with Gasteiger partial charge in [0.1, 0.15) is 5.54 Å². The van der Waals surface area contributed by atoms with Crippen LogP contribution in [0.25, 0.3) is 0 Å². The van der Waals surface area contributed by atoms with Crippen molar-refractivity contribution in [2.45, 2.75) is 43.8 Å². The average molecular weight is 323 g/mol. The van der Waals surface area contributed by atoms with E-state index in [1.54, 1.807) is 0 Å². The van der Waals surface area contributed by atoms with Crippen LogP contribution in [0.4, 0.5) is 26.3 Å². The zero-order valence-corrected chi connectivity index (χ0v) is 11.0. The number of aliphatic carboxylic acids is 1. The molecule has 1 atom stereocenters. The topological polar surface area (TPSA) is 58.6 Å². The summed E-state index contributed by atoms with van der Waals surface area (Å²) in [6, 6.07) is 0. The number of hydrogen-bond donors (Lipinski definition) is 2. The molecule has 1 rings (SSSR count). The lowest BCUT2D eigenvalue weighted by Gasteiger charge is -2.33. The third kappa shape index (κ3) is 4.22. The maximum atomic E-state index is 12.4. The van der Waals surface area contributed by atoms with E-state index < -0.39 is 42.5 Å². The van der Waals surface area contributed by atoms with Crippen LogP contribution >= 0.6 is 0 Å². The molecule has 1 aliphatic rings. The summed E-state index contributed by atoms with van der Waals surface area (Å²) in [5.41, 5.74) is -1.93. The summed E-state index contributed by atoms with van der Waals surface area (Å²) in [5.74, 6) is -2.06. The molecule has 0 heterocycles. The highest BCUT2D eigenvalue weighted by molar-refractivity contribution is 5.80. The zero-order chi connectivity index (χ0) is 16.5. The second kappa shape index (κ2) is 5.99. The third-order valence-electron chi connectivity index (χ3n) is 3.22. The zero-order valence-electron chi connectivity index (χ0n) is 11.0. The average Bonchev–Trinajstić information content (AvgIpc) is 3.07. The molecule has 0 aromatic heterocycles. The molecule has 1 aliphatic carbocycles. The van der Waals surface area contributed by atoms with Crippen molar-refractivity contribution in [2.24, 2.45) is 5.92 Å². The van der Waals surface area contributed by atoms with Crippen molar-refractivity contribution in [2.75, 3.05) is 13.2 Å². The summed E-state index contributed by atoms with van der Waals surface area (Å²) in [7, 11) is 0. The molecule has 124 valence electrons. The van der Waals surface area contributed by atoms with Crippen molar-refractivity contribution in [3.63, 3.8) is 0 Å². The molecular formula is C11H15F6NO3. The Morgan fingerprint density at radius 1 is 1.24 bits per heavy atom. The number of alkyl halides is 6. The molecular weight excluding hydrogens is 308 g/mol. The number of carboxylic acid groups (broad SMARTS) is 1. The van der Waals surface area contributed by atoms with Crippen LogP contribution in [0.1, 0.15) is 19.8 Å². The minimum absolute atomic E-state index is 0.0782. The predicted molar refractivity (Wildman–Crippen MR) is 58.6 cm³/mol. The van der Waals surface area contributed by atoms with Crippen LogP contribution < -0.4 is 5.32 Å². The molecule has 0 amide bonds. The van der Waals surface area contributed by atoms with Crippen LogP contribution in [0.15, 0.2) is 0 Å². The van der Waals surface area contributed by atoms with Gasteiger partial charge < -0.3 is 9.84 Å². The molecule has 0 bridgehead atoms. The van der Waals surface area contributed by atoms with E-state index in [1.807, 2.05) is 0 Å². The second-order valence-corrected chi connectivity index (χ2v) is 4.86. The fourth-order valence-corrected chi connectivity index (χ4v) is 2.11. The van der Waals surface area contributed by atoms with Crippen molar-refractivity contribution in [1.29, 1.82) is 0 Å². The van der Waals surface area contributed by atoms with Gasteiger partial charge in [0.2, 0.25) is 6.10 Å². The van der Waals surface area contributed by atoms with E-state index in [-0.39, 0.29) is 6.54 Å². The number of hydrogen-bond acceptors (Lipinski definition) is 3. The lowest BCUT2D eigenvalue weighted by Crippen LogP contribution is -2.59. The van der Waals surface area contributed by atoms with Crippen LogP contribution in [-0.4, -0.2) is 48.2 Å². The van der Waals surface area contributed by atoms with Gasteiger partial charge >= 0.3 is 18.3 Å². The molecule has 0 aromatic rings. The van der Waals surface area contributed by atoms with Gasteiger partial charge in [-0.25, -0.2) is 0 Å². The Morgan fingerprint density at radius 2 is 1.71 bits per heavy atom. The minimum atomic E-state index is -5.65. The molecule has 0 aliphatic heterocycles. The Labute approximate surface area is 116 Å². The molecule has 0 saturated heterocycles. The van der Waals surface area contributed by atoms with E-state index in [9.17, 15) is 36.2 Å². The molecule has 1 fully saturated rings. The lowest BCUT2D eigenvalue weighted by atomic mass is 9.94. The van der Waals surface area contributed by atoms with E-state index in [0.29, 0.717) is 12.8 Å². The molecule has 1 saturated carbocycles. The van der Waals surface area contributed by atoms with Crippen molar-refractivity contribution >= 4 is 5.97 Å². The normalized spacial score (nSPS) is 19.6. The number of nitrogens with one attached hydrogen (secondary N) is 1. The molecule has 21 heavy (non-hydrogen) atoms. The van der Waals surface area contributed by atoms with E-state index in [4.69, 9.17) is 0 Å². The van der Waals surface area contributed by atoms with Gasteiger partial charge in [-0.05, 0) is 25.3 Å². The largest absolute Gasteiger partial charge is 0.480 e. The standard InChI is InChI=1S/C11H15F6NO3/c1-2-18-9(8(19)20,6-3-4-6)5-21-7(10(12,13)14)11(15,16)17/h6-7,18H,2-5H2,1H3,(H,19,20). The molecule has 2 N–H and O–H groups in total. The molecule has 10 heteroatoms. The maximum absolute atomic E-state index is 12.4. The van der Waals surface area contributed by atoms with Crippen molar-refractivity contribution < 1.29 is 41.0 Å². The van der Waals surface area contributed by atoms with Crippen molar-refractivity contribution in [1.82, 2.24) is 5.32 Å². The van der Waals surface area contributed by atoms with Gasteiger partial charge in [0.05, 0.1) is 6.61 Å².